The van der Waals surface area contributed by atoms with Crippen molar-refractivity contribution in [2.24, 2.45) is 0 Å². The molecule has 20 heavy (non-hydrogen) atoms. The summed E-state index contributed by atoms with van der Waals surface area (Å²) in [5.41, 5.74) is 2.10. The second kappa shape index (κ2) is 6.53. The molecule has 0 bridgehead atoms. The Morgan fingerprint density at radius 3 is 2.05 bits per heavy atom. The average molecular weight is 293 g/mol. The summed E-state index contributed by atoms with van der Waals surface area (Å²) in [5, 5.41) is 0. The topological polar surface area (TPSA) is 27.7 Å². The summed E-state index contributed by atoms with van der Waals surface area (Å²) >= 11 is 5.96. The second-order valence-corrected chi connectivity index (χ2v) is 4.66. The highest BCUT2D eigenvalue weighted by atomic mass is 35.5. The first-order valence-electron chi connectivity index (χ1n) is 6.22. The van der Waals surface area contributed by atoms with Crippen LogP contribution >= 0.6 is 11.6 Å². The molecule has 0 aliphatic carbocycles. The fourth-order valence-corrected chi connectivity index (χ4v) is 2.09. The van der Waals surface area contributed by atoms with E-state index in [0.717, 1.165) is 16.9 Å². The third kappa shape index (κ3) is 3.36. The Morgan fingerprint density at radius 2 is 1.50 bits per heavy atom. The second-order valence-electron chi connectivity index (χ2n) is 4.40. The van der Waals surface area contributed by atoms with Gasteiger partial charge in [0, 0.05) is 23.8 Å². The number of hydrogen-bond acceptors (Lipinski definition) is 3. The highest BCUT2D eigenvalue weighted by Gasteiger charge is 2.07. The molecule has 0 unspecified atom stereocenters. The van der Waals surface area contributed by atoms with Gasteiger partial charge in [0.15, 0.2) is 0 Å². The summed E-state index contributed by atoms with van der Waals surface area (Å²) in [6, 6.07) is 11.3. The molecule has 0 fully saturated rings. The Hall–Kier alpha value is -1.87. The van der Waals surface area contributed by atoms with E-state index >= 15 is 0 Å². The molecular formula is C16H17ClO3. The summed E-state index contributed by atoms with van der Waals surface area (Å²) < 4.78 is 16.3. The SMILES string of the molecule is COc1cc(OC)cc(Oc2ccc(C)cc2CCl)c1. The summed E-state index contributed by atoms with van der Waals surface area (Å²) in [6.07, 6.45) is 0. The molecule has 2 rings (SSSR count). The van der Waals surface area contributed by atoms with Crippen LogP contribution in [0.4, 0.5) is 0 Å². The molecule has 0 saturated carbocycles. The van der Waals surface area contributed by atoms with E-state index in [9.17, 15) is 0 Å². The Bertz CT molecular complexity index is 574. The van der Waals surface area contributed by atoms with E-state index in [1.165, 1.54) is 0 Å². The number of hydrogen-bond donors (Lipinski definition) is 0. The van der Waals surface area contributed by atoms with Crippen molar-refractivity contribution in [2.75, 3.05) is 14.2 Å². The van der Waals surface area contributed by atoms with Gasteiger partial charge in [-0.1, -0.05) is 17.7 Å². The van der Waals surface area contributed by atoms with Gasteiger partial charge in [-0.3, -0.25) is 0 Å². The van der Waals surface area contributed by atoms with Gasteiger partial charge in [0.05, 0.1) is 20.1 Å². The summed E-state index contributed by atoms with van der Waals surface area (Å²) in [4.78, 5) is 0. The third-order valence-electron chi connectivity index (χ3n) is 2.91. The first kappa shape index (κ1) is 14.5. The van der Waals surface area contributed by atoms with Crippen molar-refractivity contribution in [3.05, 3.63) is 47.5 Å². The number of halogens is 1. The molecule has 2 aromatic carbocycles. The van der Waals surface area contributed by atoms with Crippen molar-refractivity contribution in [1.82, 2.24) is 0 Å². The lowest BCUT2D eigenvalue weighted by atomic mass is 10.1. The molecular weight excluding hydrogens is 276 g/mol. The molecule has 0 atom stereocenters. The number of alkyl halides is 1. The van der Waals surface area contributed by atoms with Gasteiger partial charge >= 0.3 is 0 Å². The van der Waals surface area contributed by atoms with Crippen LogP contribution in [0.25, 0.3) is 0 Å². The Morgan fingerprint density at radius 1 is 0.900 bits per heavy atom. The van der Waals surface area contributed by atoms with Crippen LogP contribution in [0.3, 0.4) is 0 Å². The predicted molar refractivity (Wildman–Crippen MR) is 80.4 cm³/mol. The number of benzene rings is 2. The Balaban J connectivity index is 2.34. The van der Waals surface area contributed by atoms with Gasteiger partial charge in [0.25, 0.3) is 0 Å². The highest BCUT2D eigenvalue weighted by molar-refractivity contribution is 6.17. The van der Waals surface area contributed by atoms with E-state index in [1.54, 1.807) is 32.4 Å². The Kier molecular flexibility index (Phi) is 4.74. The lowest BCUT2D eigenvalue weighted by Gasteiger charge is -2.12. The van der Waals surface area contributed by atoms with Crippen LogP contribution < -0.4 is 14.2 Å². The minimum absolute atomic E-state index is 0.401. The minimum atomic E-state index is 0.401. The first-order chi connectivity index (χ1) is 9.66. The summed E-state index contributed by atoms with van der Waals surface area (Å²) in [7, 11) is 3.21. The van der Waals surface area contributed by atoms with Crippen molar-refractivity contribution >= 4 is 11.6 Å². The van der Waals surface area contributed by atoms with E-state index in [1.807, 2.05) is 25.1 Å². The van der Waals surface area contributed by atoms with Gasteiger partial charge in [-0.15, -0.1) is 11.6 Å². The van der Waals surface area contributed by atoms with Gasteiger partial charge in [-0.05, 0) is 13.0 Å². The molecule has 4 heteroatoms. The lowest BCUT2D eigenvalue weighted by Crippen LogP contribution is -1.93. The maximum atomic E-state index is 5.96. The summed E-state index contributed by atoms with van der Waals surface area (Å²) in [5.74, 6) is 3.15. The van der Waals surface area contributed by atoms with E-state index in [-0.39, 0.29) is 0 Å². The van der Waals surface area contributed by atoms with Crippen molar-refractivity contribution in [1.29, 1.82) is 0 Å². The average Bonchev–Trinajstić information content (AvgIpc) is 2.48. The number of rotatable bonds is 5. The van der Waals surface area contributed by atoms with Gasteiger partial charge in [0.1, 0.15) is 23.0 Å². The minimum Gasteiger partial charge on any atom is -0.496 e. The molecule has 0 saturated heterocycles. The summed E-state index contributed by atoms with van der Waals surface area (Å²) in [6.45, 7) is 2.02. The molecule has 0 N–H and O–H groups in total. The van der Waals surface area contributed by atoms with Crippen LogP contribution in [0, 0.1) is 6.92 Å². The van der Waals surface area contributed by atoms with Gasteiger partial charge in [0.2, 0.25) is 0 Å². The molecule has 3 nitrogen and oxygen atoms in total. The molecule has 106 valence electrons. The molecule has 0 spiro atoms. The van der Waals surface area contributed by atoms with Crippen LogP contribution in [0.5, 0.6) is 23.0 Å². The van der Waals surface area contributed by atoms with Crippen LogP contribution in [-0.4, -0.2) is 14.2 Å². The zero-order valence-electron chi connectivity index (χ0n) is 11.8. The van der Waals surface area contributed by atoms with Crippen LogP contribution in [-0.2, 0) is 5.88 Å². The van der Waals surface area contributed by atoms with Crippen LogP contribution in [0.2, 0.25) is 0 Å². The molecule has 2 aromatic rings. The standard InChI is InChI=1S/C16H17ClO3/c1-11-4-5-16(12(6-11)10-17)20-15-8-13(18-2)7-14(9-15)19-3/h4-9H,10H2,1-3H3. The maximum Gasteiger partial charge on any atom is 0.134 e. The van der Waals surface area contributed by atoms with E-state index in [0.29, 0.717) is 23.1 Å². The fraction of sp³-hybridized carbons (Fsp3) is 0.250. The highest BCUT2D eigenvalue weighted by Crippen LogP contribution is 2.33. The van der Waals surface area contributed by atoms with Gasteiger partial charge < -0.3 is 14.2 Å². The molecule has 0 heterocycles. The fourth-order valence-electron chi connectivity index (χ4n) is 1.88. The van der Waals surface area contributed by atoms with Crippen molar-refractivity contribution in [2.45, 2.75) is 12.8 Å². The molecule has 0 aliphatic heterocycles. The van der Waals surface area contributed by atoms with E-state index in [4.69, 9.17) is 25.8 Å². The zero-order chi connectivity index (χ0) is 14.5. The smallest absolute Gasteiger partial charge is 0.134 e. The van der Waals surface area contributed by atoms with Crippen molar-refractivity contribution in [3.8, 4) is 23.0 Å². The van der Waals surface area contributed by atoms with E-state index < -0.39 is 0 Å². The molecule has 0 aliphatic rings. The number of ether oxygens (including phenoxy) is 3. The van der Waals surface area contributed by atoms with Crippen LogP contribution in [0.1, 0.15) is 11.1 Å². The van der Waals surface area contributed by atoms with Gasteiger partial charge in [-0.2, -0.15) is 0 Å². The first-order valence-corrected chi connectivity index (χ1v) is 6.76. The lowest BCUT2D eigenvalue weighted by molar-refractivity contribution is 0.386. The predicted octanol–water partition coefficient (Wildman–Crippen LogP) is 4.54. The maximum absolute atomic E-state index is 5.96. The number of aryl methyl sites for hydroxylation is 1. The van der Waals surface area contributed by atoms with Gasteiger partial charge in [-0.25, -0.2) is 0 Å². The van der Waals surface area contributed by atoms with Crippen LogP contribution in [0.15, 0.2) is 36.4 Å². The normalized spacial score (nSPS) is 10.2. The van der Waals surface area contributed by atoms with Crippen molar-refractivity contribution < 1.29 is 14.2 Å². The molecule has 0 radical (unpaired) electrons. The third-order valence-corrected chi connectivity index (χ3v) is 3.20. The zero-order valence-corrected chi connectivity index (χ0v) is 12.5. The molecule has 0 amide bonds. The molecule has 0 aromatic heterocycles. The van der Waals surface area contributed by atoms with E-state index in [2.05, 4.69) is 0 Å². The quantitative estimate of drug-likeness (QED) is 0.757. The largest absolute Gasteiger partial charge is 0.496 e. The Labute approximate surface area is 124 Å². The van der Waals surface area contributed by atoms with Crippen molar-refractivity contribution in [3.63, 3.8) is 0 Å². The number of methoxy groups -OCH3 is 2. The monoisotopic (exact) mass is 292 g/mol.